The summed E-state index contributed by atoms with van der Waals surface area (Å²) in [4.78, 5) is 0. The Bertz CT molecular complexity index is 202. The van der Waals surface area contributed by atoms with Gasteiger partial charge in [-0.05, 0) is 0 Å². The van der Waals surface area contributed by atoms with Crippen molar-refractivity contribution in [1.29, 1.82) is 0 Å². The summed E-state index contributed by atoms with van der Waals surface area (Å²) in [7, 11) is 0. The number of hydrogen-bond donors (Lipinski definition) is 0. The van der Waals surface area contributed by atoms with Crippen LogP contribution < -0.4 is 0 Å². The number of hydrogen-bond acceptors (Lipinski definition) is 0. The Labute approximate surface area is 127 Å². The molecule has 0 spiro atoms. The summed E-state index contributed by atoms with van der Waals surface area (Å²) in [6.07, 6.45) is 24.2. The summed E-state index contributed by atoms with van der Waals surface area (Å²) in [5.41, 5.74) is 0. The molecule has 0 aliphatic heterocycles. The molecule has 3 rings (SSSR count). The van der Waals surface area contributed by atoms with Gasteiger partial charge in [-0.2, -0.15) is 0 Å². The van der Waals surface area contributed by atoms with E-state index in [1.165, 1.54) is 11.8 Å². The van der Waals surface area contributed by atoms with E-state index in [0.29, 0.717) is 0 Å². The van der Waals surface area contributed by atoms with Crippen molar-refractivity contribution in [1.82, 2.24) is 0 Å². The van der Waals surface area contributed by atoms with Gasteiger partial charge in [-0.3, -0.25) is 0 Å². The van der Waals surface area contributed by atoms with Crippen LogP contribution in [0.4, 0.5) is 0 Å². The molecule has 109 valence electrons. The summed E-state index contributed by atoms with van der Waals surface area (Å²) in [5.74, 6) is 0. The molecule has 0 amide bonds. The van der Waals surface area contributed by atoms with Gasteiger partial charge in [0.1, 0.15) is 0 Å². The molecular weight excluding hydrogens is 335 g/mol. The predicted octanol–water partition coefficient (Wildman–Crippen LogP) is 6.48. The topological polar surface area (TPSA) is 0 Å². The van der Waals surface area contributed by atoms with E-state index in [1.54, 1.807) is 96.3 Å². The van der Waals surface area contributed by atoms with E-state index in [4.69, 9.17) is 0 Å². The van der Waals surface area contributed by atoms with Crippen molar-refractivity contribution in [2.45, 2.75) is 108 Å². The van der Waals surface area contributed by atoms with E-state index in [9.17, 15) is 0 Å². The molecule has 0 heterocycles. The average Bonchev–Trinajstić information content (AvgIpc) is 2.51. The van der Waals surface area contributed by atoms with Crippen molar-refractivity contribution in [2.75, 3.05) is 0 Å². The third-order valence-electron chi connectivity index (χ3n) is 6.23. The van der Waals surface area contributed by atoms with Crippen LogP contribution in [0.25, 0.3) is 0 Å². The fraction of sp³-hybridized carbons (Fsp3) is 1.00. The molecule has 0 N–H and O–H groups in total. The Morgan fingerprint density at radius 2 is 0.632 bits per heavy atom. The summed E-state index contributed by atoms with van der Waals surface area (Å²) < 4.78 is 3.96. The first-order valence-corrected chi connectivity index (χ1v) is 14.3. The molecule has 0 unspecified atom stereocenters. The van der Waals surface area contributed by atoms with Crippen LogP contribution in [0.3, 0.4) is 0 Å². The fourth-order valence-corrected chi connectivity index (χ4v) is 20.2. The Kier molecular flexibility index (Phi) is 5.97. The molecule has 3 aliphatic carbocycles. The fourth-order valence-electron chi connectivity index (χ4n) is 5.31. The first-order valence-electron chi connectivity index (χ1n) is 9.32. The summed E-state index contributed by atoms with van der Waals surface area (Å²) in [6.45, 7) is 0. The van der Waals surface area contributed by atoms with E-state index in [1.807, 2.05) is 0 Å². The summed E-state index contributed by atoms with van der Waals surface area (Å²) in [5, 5.41) is 0. The molecule has 3 saturated carbocycles. The molecular formula is C18H33Sn. The van der Waals surface area contributed by atoms with E-state index in [-0.39, 0.29) is 0 Å². The van der Waals surface area contributed by atoms with Crippen LogP contribution in [0, 0.1) is 0 Å². The molecule has 3 fully saturated rings. The van der Waals surface area contributed by atoms with Gasteiger partial charge in [-0.25, -0.2) is 0 Å². The maximum atomic E-state index is 1.67. The van der Waals surface area contributed by atoms with Crippen LogP contribution in [-0.2, 0) is 0 Å². The maximum absolute atomic E-state index is 1.67. The SMILES string of the molecule is C1CC[CH]([Sn]([CH]2CCCCC2)[CH]2CCCCC2)CC1. The summed E-state index contributed by atoms with van der Waals surface area (Å²) in [6, 6.07) is 0. The second-order valence-electron chi connectivity index (χ2n) is 7.50. The minimum absolute atomic E-state index is 1.15. The first-order chi connectivity index (χ1) is 9.45. The Balaban J connectivity index is 1.68. The second-order valence-corrected chi connectivity index (χ2v) is 17.3. The average molecular weight is 368 g/mol. The van der Waals surface area contributed by atoms with Crippen molar-refractivity contribution in [2.24, 2.45) is 0 Å². The standard InChI is InChI=1S/3C6H11.Sn/c3*1-2-4-6-5-3-1;/h3*1H,2-6H2;. The van der Waals surface area contributed by atoms with Crippen LogP contribution in [0.2, 0.25) is 11.8 Å². The van der Waals surface area contributed by atoms with Gasteiger partial charge in [-0.15, -0.1) is 0 Å². The Hall–Kier alpha value is 0.799. The van der Waals surface area contributed by atoms with Gasteiger partial charge in [0.05, 0.1) is 0 Å². The van der Waals surface area contributed by atoms with Gasteiger partial charge >= 0.3 is 128 Å². The normalized spacial score (nSPS) is 28.9. The van der Waals surface area contributed by atoms with Crippen molar-refractivity contribution in [3.63, 3.8) is 0 Å². The molecule has 0 nitrogen and oxygen atoms in total. The van der Waals surface area contributed by atoms with Crippen molar-refractivity contribution in [3.05, 3.63) is 0 Å². The van der Waals surface area contributed by atoms with E-state index >= 15 is 0 Å². The summed E-state index contributed by atoms with van der Waals surface area (Å²) >= 11 is -1.15. The van der Waals surface area contributed by atoms with Gasteiger partial charge in [0.15, 0.2) is 0 Å². The third kappa shape index (κ3) is 3.92. The minimum atomic E-state index is -1.15. The van der Waals surface area contributed by atoms with Gasteiger partial charge in [-0.1, -0.05) is 0 Å². The Morgan fingerprint density at radius 1 is 0.368 bits per heavy atom. The van der Waals surface area contributed by atoms with Gasteiger partial charge in [0.25, 0.3) is 0 Å². The first kappa shape index (κ1) is 14.7. The van der Waals surface area contributed by atoms with Crippen LogP contribution in [-0.4, -0.2) is 19.8 Å². The zero-order valence-electron chi connectivity index (χ0n) is 12.8. The molecule has 19 heavy (non-hydrogen) atoms. The van der Waals surface area contributed by atoms with Crippen LogP contribution in [0.1, 0.15) is 96.3 Å². The zero-order chi connectivity index (χ0) is 12.9. The molecule has 0 bridgehead atoms. The molecule has 0 aromatic heterocycles. The van der Waals surface area contributed by atoms with E-state index < -0.39 is 19.8 Å². The molecule has 0 aromatic rings. The van der Waals surface area contributed by atoms with Crippen molar-refractivity contribution < 1.29 is 0 Å². The van der Waals surface area contributed by atoms with Gasteiger partial charge in [0.2, 0.25) is 0 Å². The number of rotatable bonds is 3. The zero-order valence-corrected chi connectivity index (χ0v) is 15.7. The monoisotopic (exact) mass is 369 g/mol. The van der Waals surface area contributed by atoms with Crippen LogP contribution >= 0.6 is 0 Å². The molecule has 1 heteroatoms. The van der Waals surface area contributed by atoms with Crippen molar-refractivity contribution in [3.8, 4) is 0 Å². The van der Waals surface area contributed by atoms with Gasteiger partial charge < -0.3 is 0 Å². The molecule has 1 radical (unpaired) electrons. The second kappa shape index (κ2) is 7.71. The molecule has 0 atom stereocenters. The third-order valence-corrected chi connectivity index (χ3v) is 19.2. The quantitative estimate of drug-likeness (QED) is 0.500. The van der Waals surface area contributed by atoms with Gasteiger partial charge in [0, 0.05) is 0 Å². The Morgan fingerprint density at radius 3 is 0.895 bits per heavy atom. The molecule has 0 saturated heterocycles. The molecule has 3 aliphatic rings. The molecule has 0 aromatic carbocycles. The van der Waals surface area contributed by atoms with Crippen LogP contribution in [0.15, 0.2) is 0 Å². The van der Waals surface area contributed by atoms with Crippen LogP contribution in [0.5, 0.6) is 0 Å². The van der Waals surface area contributed by atoms with E-state index in [0.717, 1.165) is 0 Å². The van der Waals surface area contributed by atoms with E-state index in [2.05, 4.69) is 0 Å². The predicted molar refractivity (Wildman–Crippen MR) is 86.3 cm³/mol. The van der Waals surface area contributed by atoms with Crippen molar-refractivity contribution >= 4 is 19.8 Å².